The van der Waals surface area contributed by atoms with Crippen molar-refractivity contribution in [2.75, 3.05) is 13.2 Å². The molecule has 4 aromatic carbocycles. The van der Waals surface area contributed by atoms with Gasteiger partial charge >= 0.3 is 0 Å². The van der Waals surface area contributed by atoms with Crippen LogP contribution in [0.2, 0.25) is 0 Å². The van der Waals surface area contributed by atoms with Crippen molar-refractivity contribution in [3.8, 4) is 5.75 Å². The van der Waals surface area contributed by atoms with E-state index < -0.39 is 0 Å². The first-order valence-corrected chi connectivity index (χ1v) is 10.4. The summed E-state index contributed by atoms with van der Waals surface area (Å²) in [4.78, 5) is 0. The third kappa shape index (κ3) is 3.66. The molecule has 0 saturated heterocycles. The first-order valence-electron chi connectivity index (χ1n) is 10.4. The molecule has 2 nitrogen and oxygen atoms in total. The quantitative estimate of drug-likeness (QED) is 0.284. The molecule has 0 amide bonds. The summed E-state index contributed by atoms with van der Waals surface area (Å²) in [5.41, 5.74) is 1.52. The lowest BCUT2D eigenvalue weighted by Gasteiger charge is -2.21. The highest BCUT2D eigenvalue weighted by Gasteiger charge is 2.17. The minimum Gasteiger partial charge on any atom is -0.494 e. The van der Waals surface area contributed by atoms with E-state index in [2.05, 4.69) is 69.3 Å². The highest BCUT2D eigenvalue weighted by molar-refractivity contribution is 6.23. The van der Waals surface area contributed by atoms with Crippen LogP contribution in [-0.2, 0) is 5.41 Å². The highest BCUT2D eigenvalue weighted by Crippen LogP contribution is 2.39. The van der Waals surface area contributed by atoms with Crippen LogP contribution >= 0.6 is 0 Å². The van der Waals surface area contributed by atoms with Gasteiger partial charge in [-0.15, -0.1) is 0 Å². The van der Waals surface area contributed by atoms with Crippen molar-refractivity contribution < 1.29 is 9.84 Å². The van der Waals surface area contributed by atoms with Gasteiger partial charge in [0.05, 0.1) is 6.61 Å². The molecule has 2 heteroatoms. The molecular weight excluding hydrogens is 344 g/mol. The standard InChI is InChI=1S/C26H30O2/c1-26(2,3)22-14-18-8-10-20-16-23(28-13-7-5-4-6-12-27)17-21-11-9-19(15-22)24(18)25(20)21/h8-11,14-17,27H,4-7,12-13H2,1-3H3. The zero-order valence-electron chi connectivity index (χ0n) is 17.2. The molecule has 4 rings (SSSR count). The van der Waals surface area contributed by atoms with Crippen LogP contribution in [0.4, 0.5) is 0 Å². The normalized spacial score (nSPS) is 12.4. The first kappa shape index (κ1) is 19.0. The maximum atomic E-state index is 8.86. The third-order valence-corrected chi connectivity index (χ3v) is 5.69. The Hall–Kier alpha value is -2.32. The molecular formula is C26H30O2. The van der Waals surface area contributed by atoms with E-state index in [0.717, 1.165) is 38.0 Å². The summed E-state index contributed by atoms with van der Waals surface area (Å²) in [6.07, 6.45) is 4.08. The second-order valence-electron chi connectivity index (χ2n) is 8.91. The average molecular weight is 375 g/mol. The number of benzene rings is 4. The largest absolute Gasteiger partial charge is 0.494 e. The molecule has 0 spiro atoms. The average Bonchev–Trinajstić information content (AvgIpc) is 2.67. The Bertz CT molecular complexity index is 1020. The van der Waals surface area contributed by atoms with Gasteiger partial charge in [0.1, 0.15) is 5.75 Å². The summed E-state index contributed by atoms with van der Waals surface area (Å²) in [5, 5.41) is 16.7. The Morgan fingerprint density at radius 1 is 0.714 bits per heavy atom. The van der Waals surface area contributed by atoms with Crippen LogP contribution in [0.1, 0.15) is 52.0 Å². The van der Waals surface area contributed by atoms with Crippen molar-refractivity contribution in [2.24, 2.45) is 0 Å². The minimum absolute atomic E-state index is 0.142. The van der Waals surface area contributed by atoms with Gasteiger partial charge in [0, 0.05) is 6.61 Å². The zero-order valence-corrected chi connectivity index (χ0v) is 17.2. The molecule has 1 N–H and O–H groups in total. The lowest BCUT2D eigenvalue weighted by molar-refractivity contribution is 0.273. The Morgan fingerprint density at radius 2 is 1.21 bits per heavy atom. The minimum atomic E-state index is 0.142. The van der Waals surface area contributed by atoms with Crippen LogP contribution < -0.4 is 4.74 Å². The van der Waals surface area contributed by atoms with Crippen LogP contribution in [-0.4, -0.2) is 18.3 Å². The third-order valence-electron chi connectivity index (χ3n) is 5.69. The molecule has 28 heavy (non-hydrogen) atoms. The van der Waals surface area contributed by atoms with E-state index in [1.54, 1.807) is 0 Å². The lowest BCUT2D eigenvalue weighted by Crippen LogP contribution is -2.10. The lowest BCUT2D eigenvalue weighted by atomic mass is 9.83. The smallest absolute Gasteiger partial charge is 0.120 e. The van der Waals surface area contributed by atoms with Gasteiger partial charge in [-0.1, -0.05) is 63.6 Å². The van der Waals surface area contributed by atoms with Crippen molar-refractivity contribution in [3.05, 3.63) is 54.1 Å². The predicted molar refractivity (Wildman–Crippen MR) is 120 cm³/mol. The Labute approximate surface area is 167 Å². The van der Waals surface area contributed by atoms with Gasteiger partial charge in [0.2, 0.25) is 0 Å². The number of ether oxygens (including phenoxy) is 1. The summed E-state index contributed by atoms with van der Waals surface area (Å²) >= 11 is 0. The maximum Gasteiger partial charge on any atom is 0.120 e. The number of hydrogen-bond acceptors (Lipinski definition) is 2. The van der Waals surface area contributed by atoms with Crippen LogP contribution in [0.5, 0.6) is 5.75 Å². The summed E-state index contributed by atoms with van der Waals surface area (Å²) < 4.78 is 6.04. The number of aliphatic hydroxyl groups is 1. The Morgan fingerprint density at radius 3 is 1.71 bits per heavy atom. The fraction of sp³-hybridized carbons (Fsp3) is 0.385. The molecule has 0 atom stereocenters. The highest BCUT2D eigenvalue weighted by atomic mass is 16.5. The van der Waals surface area contributed by atoms with Crippen molar-refractivity contribution in [3.63, 3.8) is 0 Å². The molecule has 4 aromatic rings. The molecule has 0 aliphatic carbocycles. The molecule has 0 aliphatic rings. The SMILES string of the molecule is CC(C)(C)c1cc2ccc3cc(OCCCCCCO)cc4ccc(c1)c2c34. The van der Waals surface area contributed by atoms with Crippen LogP contribution in [0, 0.1) is 0 Å². The van der Waals surface area contributed by atoms with Crippen molar-refractivity contribution in [2.45, 2.75) is 51.9 Å². The molecule has 0 aliphatic heterocycles. The van der Waals surface area contributed by atoms with E-state index in [-0.39, 0.29) is 12.0 Å². The monoisotopic (exact) mass is 374 g/mol. The van der Waals surface area contributed by atoms with Crippen molar-refractivity contribution in [1.82, 2.24) is 0 Å². The van der Waals surface area contributed by atoms with Gasteiger partial charge in [0.25, 0.3) is 0 Å². The van der Waals surface area contributed by atoms with Gasteiger partial charge in [0.15, 0.2) is 0 Å². The van der Waals surface area contributed by atoms with Gasteiger partial charge in [-0.05, 0) is 74.7 Å². The molecule has 0 heterocycles. The van der Waals surface area contributed by atoms with E-state index in [0.29, 0.717) is 0 Å². The van der Waals surface area contributed by atoms with Crippen molar-refractivity contribution in [1.29, 1.82) is 0 Å². The van der Waals surface area contributed by atoms with Crippen LogP contribution in [0.25, 0.3) is 32.3 Å². The molecule has 0 aromatic heterocycles. The second-order valence-corrected chi connectivity index (χ2v) is 8.91. The fourth-order valence-corrected chi connectivity index (χ4v) is 4.08. The van der Waals surface area contributed by atoms with E-state index in [1.165, 1.54) is 37.9 Å². The number of unbranched alkanes of at least 4 members (excludes halogenated alkanes) is 3. The number of rotatable bonds is 7. The molecule has 0 unspecified atom stereocenters. The van der Waals surface area contributed by atoms with Gasteiger partial charge < -0.3 is 9.84 Å². The second kappa shape index (κ2) is 7.60. The van der Waals surface area contributed by atoms with Crippen molar-refractivity contribution >= 4 is 32.3 Å². The Balaban J connectivity index is 1.67. The summed E-state index contributed by atoms with van der Waals surface area (Å²) in [5.74, 6) is 0.948. The fourth-order valence-electron chi connectivity index (χ4n) is 4.08. The van der Waals surface area contributed by atoms with E-state index >= 15 is 0 Å². The molecule has 0 saturated carbocycles. The summed E-state index contributed by atoms with van der Waals surface area (Å²) in [6.45, 7) is 7.83. The number of aliphatic hydroxyl groups excluding tert-OH is 1. The predicted octanol–water partition coefficient (Wildman–Crippen LogP) is 6.81. The van der Waals surface area contributed by atoms with Crippen LogP contribution in [0.3, 0.4) is 0 Å². The van der Waals surface area contributed by atoms with E-state index in [1.807, 2.05) is 0 Å². The molecule has 0 bridgehead atoms. The van der Waals surface area contributed by atoms with Gasteiger partial charge in [-0.2, -0.15) is 0 Å². The van der Waals surface area contributed by atoms with Crippen LogP contribution in [0.15, 0.2) is 48.5 Å². The molecule has 0 radical (unpaired) electrons. The first-order chi connectivity index (χ1) is 13.5. The van der Waals surface area contributed by atoms with E-state index in [4.69, 9.17) is 9.84 Å². The summed E-state index contributed by atoms with van der Waals surface area (Å²) in [6, 6.07) is 18.0. The Kier molecular flexibility index (Phi) is 5.16. The summed E-state index contributed by atoms with van der Waals surface area (Å²) in [7, 11) is 0. The topological polar surface area (TPSA) is 29.5 Å². The number of hydrogen-bond donors (Lipinski definition) is 1. The molecule has 146 valence electrons. The maximum absolute atomic E-state index is 8.86. The van der Waals surface area contributed by atoms with Gasteiger partial charge in [-0.3, -0.25) is 0 Å². The van der Waals surface area contributed by atoms with Gasteiger partial charge in [-0.25, -0.2) is 0 Å². The van der Waals surface area contributed by atoms with E-state index in [9.17, 15) is 0 Å². The zero-order chi connectivity index (χ0) is 19.7. The molecule has 0 fully saturated rings.